The smallest absolute Gasteiger partial charge is 0.220 e. The number of anilines is 1. The van der Waals surface area contributed by atoms with Gasteiger partial charge >= 0.3 is 0 Å². The van der Waals surface area contributed by atoms with Crippen LogP contribution in [0.1, 0.15) is 18.9 Å². The van der Waals surface area contributed by atoms with Gasteiger partial charge in [0.2, 0.25) is 5.43 Å². The van der Waals surface area contributed by atoms with Crippen LogP contribution in [0.3, 0.4) is 0 Å². The van der Waals surface area contributed by atoms with Gasteiger partial charge in [0.25, 0.3) is 0 Å². The van der Waals surface area contributed by atoms with Crippen LogP contribution in [0.25, 0.3) is 0 Å². The second-order valence-corrected chi connectivity index (χ2v) is 5.38. The molecule has 0 unspecified atom stereocenters. The molecule has 19 heavy (non-hydrogen) atoms. The van der Waals surface area contributed by atoms with Gasteiger partial charge in [0.05, 0.1) is 23.4 Å². The van der Waals surface area contributed by atoms with Crippen LogP contribution in [-0.4, -0.2) is 51.8 Å². The predicted octanol–water partition coefficient (Wildman–Crippen LogP) is 1.75. The number of rotatable bonds is 9. The second kappa shape index (κ2) is 7.72. The van der Waals surface area contributed by atoms with Crippen molar-refractivity contribution >= 4 is 17.9 Å². The summed E-state index contributed by atoms with van der Waals surface area (Å²) in [6.45, 7) is 8.20. The van der Waals surface area contributed by atoms with Gasteiger partial charge in [-0.15, -0.1) is 0 Å². The van der Waals surface area contributed by atoms with E-state index in [0.717, 1.165) is 43.9 Å². The van der Waals surface area contributed by atoms with E-state index in [1.165, 1.54) is 0 Å². The van der Waals surface area contributed by atoms with E-state index in [0.29, 0.717) is 11.1 Å². The quantitative estimate of drug-likeness (QED) is 0.510. The topological polar surface area (TPSA) is 32.8 Å². The molecule has 0 saturated heterocycles. The molecule has 0 aliphatic heterocycles. The molecule has 0 heterocycles. The van der Waals surface area contributed by atoms with Crippen molar-refractivity contribution in [2.24, 2.45) is 0 Å². The first-order valence-corrected chi connectivity index (χ1v) is 7.17. The summed E-state index contributed by atoms with van der Waals surface area (Å²) in [7, 11) is 4.01. The SMILES string of the molecule is CCCN(C)CCOCCN(C)c1c(C)c(=S)c1=O. The molecule has 0 aliphatic carbocycles. The van der Waals surface area contributed by atoms with Gasteiger partial charge < -0.3 is 14.5 Å². The molecule has 108 valence electrons. The van der Waals surface area contributed by atoms with Crippen LogP contribution in [0.2, 0.25) is 0 Å². The third kappa shape index (κ3) is 4.37. The largest absolute Gasteiger partial charge is 0.378 e. The zero-order valence-electron chi connectivity index (χ0n) is 12.4. The van der Waals surface area contributed by atoms with E-state index in [1.807, 2.05) is 18.9 Å². The molecule has 0 aliphatic rings. The van der Waals surface area contributed by atoms with E-state index in [1.54, 1.807) is 0 Å². The molecule has 1 aromatic carbocycles. The molecule has 0 spiro atoms. The molecule has 0 radical (unpaired) electrons. The highest BCUT2D eigenvalue weighted by Crippen LogP contribution is 2.17. The lowest BCUT2D eigenvalue weighted by Gasteiger charge is -2.23. The highest BCUT2D eigenvalue weighted by molar-refractivity contribution is 7.71. The second-order valence-electron chi connectivity index (χ2n) is 4.97. The molecule has 1 rings (SSSR count). The normalized spacial score (nSPS) is 11.4. The van der Waals surface area contributed by atoms with Crippen molar-refractivity contribution in [3.05, 3.63) is 20.3 Å². The predicted molar refractivity (Wildman–Crippen MR) is 82.5 cm³/mol. The molecule has 5 heteroatoms. The van der Waals surface area contributed by atoms with Crippen molar-refractivity contribution < 1.29 is 4.74 Å². The van der Waals surface area contributed by atoms with Crippen LogP contribution in [0.15, 0.2) is 4.79 Å². The van der Waals surface area contributed by atoms with Crippen molar-refractivity contribution in [3.63, 3.8) is 0 Å². The average Bonchev–Trinajstić information content (AvgIpc) is 2.38. The Morgan fingerprint density at radius 3 is 2.37 bits per heavy atom. The Kier molecular flexibility index (Phi) is 6.62. The fourth-order valence-corrected chi connectivity index (χ4v) is 2.28. The van der Waals surface area contributed by atoms with Gasteiger partial charge in [-0.1, -0.05) is 19.1 Å². The molecule has 0 aromatic heterocycles. The maximum Gasteiger partial charge on any atom is 0.220 e. The zero-order chi connectivity index (χ0) is 14.4. The van der Waals surface area contributed by atoms with E-state index in [4.69, 9.17) is 17.0 Å². The maximum atomic E-state index is 11.6. The summed E-state index contributed by atoms with van der Waals surface area (Å²) >= 11 is 4.96. The molecule has 0 saturated carbocycles. The third-order valence-electron chi connectivity index (χ3n) is 3.29. The van der Waals surface area contributed by atoms with Gasteiger partial charge in [-0.2, -0.15) is 0 Å². The minimum Gasteiger partial charge on any atom is -0.378 e. The molecule has 0 N–H and O–H groups in total. The molecule has 0 atom stereocenters. The Bertz CT molecular complexity index is 466. The van der Waals surface area contributed by atoms with Gasteiger partial charge in [-0.3, -0.25) is 4.79 Å². The Hall–Kier alpha value is -0.780. The molecule has 4 nitrogen and oxygen atoms in total. The minimum atomic E-state index is -0.00215. The van der Waals surface area contributed by atoms with Gasteiger partial charge in [-0.05, 0) is 32.5 Å². The van der Waals surface area contributed by atoms with Crippen LogP contribution in [0, 0.1) is 11.4 Å². The summed E-state index contributed by atoms with van der Waals surface area (Å²) in [6.07, 6.45) is 1.16. The number of ether oxygens (including phenoxy) is 1. The van der Waals surface area contributed by atoms with Crippen LogP contribution in [-0.2, 0) is 4.74 Å². The van der Waals surface area contributed by atoms with Gasteiger partial charge in [0.1, 0.15) is 0 Å². The van der Waals surface area contributed by atoms with Crippen molar-refractivity contribution in [1.29, 1.82) is 0 Å². The summed E-state index contributed by atoms with van der Waals surface area (Å²) in [6, 6.07) is 0. The molecular weight excluding hydrogens is 260 g/mol. The van der Waals surface area contributed by atoms with E-state index in [-0.39, 0.29) is 5.43 Å². The Morgan fingerprint density at radius 2 is 1.79 bits per heavy atom. The first-order chi connectivity index (χ1) is 8.99. The summed E-state index contributed by atoms with van der Waals surface area (Å²) in [5, 5.41) is 0. The van der Waals surface area contributed by atoms with Gasteiger partial charge in [-0.25, -0.2) is 0 Å². The summed E-state index contributed by atoms with van der Waals surface area (Å²) in [5.74, 6) is 0. The first kappa shape index (κ1) is 16.3. The van der Waals surface area contributed by atoms with Gasteiger partial charge in [0.15, 0.2) is 0 Å². The minimum absolute atomic E-state index is 0.00215. The Morgan fingerprint density at radius 1 is 1.16 bits per heavy atom. The van der Waals surface area contributed by atoms with E-state index < -0.39 is 0 Å². The zero-order valence-corrected chi connectivity index (χ0v) is 13.2. The number of likely N-dealkylation sites (N-methyl/N-ethyl adjacent to an activating group) is 2. The van der Waals surface area contributed by atoms with Crippen molar-refractivity contribution in [3.8, 4) is 0 Å². The van der Waals surface area contributed by atoms with Crippen LogP contribution >= 0.6 is 12.2 Å². The van der Waals surface area contributed by atoms with Crippen molar-refractivity contribution in [1.82, 2.24) is 4.90 Å². The molecule has 0 bridgehead atoms. The average molecular weight is 284 g/mol. The standard InChI is InChI=1S/C14H24N2O2S/c1-5-6-15(3)7-9-18-10-8-16(4)12-11(2)14(19)13(12)17/h5-10H2,1-4H3. The maximum absolute atomic E-state index is 11.6. The Labute approximate surface area is 120 Å². The summed E-state index contributed by atoms with van der Waals surface area (Å²) < 4.78 is 6.06. The molecule has 0 fully saturated rings. The van der Waals surface area contributed by atoms with Gasteiger partial charge in [0, 0.05) is 20.1 Å². The number of hydrogen-bond donors (Lipinski definition) is 0. The van der Waals surface area contributed by atoms with Crippen molar-refractivity contribution in [2.75, 3.05) is 51.8 Å². The van der Waals surface area contributed by atoms with E-state index in [2.05, 4.69) is 18.9 Å². The number of hydrogen-bond acceptors (Lipinski definition) is 5. The lowest BCUT2D eigenvalue weighted by atomic mass is 10.1. The molecule has 1 aromatic rings. The summed E-state index contributed by atoms with van der Waals surface area (Å²) in [5.41, 5.74) is 1.68. The van der Waals surface area contributed by atoms with E-state index >= 15 is 0 Å². The third-order valence-corrected chi connectivity index (χ3v) is 3.78. The monoisotopic (exact) mass is 284 g/mol. The molecular formula is C14H24N2O2S. The van der Waals surface area contributed by atoms with Crippen LogP contribution in [0.4, 0.5) is 5.69 Å². The van der Waals surface area contributed by atoms with E-state index in [9.17, 15) is 4.79 Å². The fraction of sp³-hybridized carbons (Fsp3) is 0.714. The summed E-state index contributed by atoms with van der Waals surface area (Å²) in [4.78, 5) is 15.8. The van der Waals surface area contributed by atoms with Crippen molar-refractivity contribution in [2.45, 2.75) is 20.3 Å². The highest BCUT2D eigenvalue weighted by atomic mass is 32.1. The lowest BCUT2D eigenvalue weighted by molar-refractivity contribution is 0.117. The first-order valence-electron chi connectivity index (χ1n) is 6.76. The molecule has 0 amide bonds. The lowest BCUT2D eigenvalue weighted by Crippen LogP contribution is -2.32. The van der Waals surface area contributed by atoms with Crippen LogP contribution < -0.4 is 10.3 Å². The Balaban J connectivity index is 2.20. The fourth-order valence-electron chi connectivity index (χ4n) is 2.08. The highest BCUT2D eigenvalue weighted by Gasteiger charge is 2.16. The number of nitrogens with zero attached hydrogens (tertiary/aromatic N) is 2. The van der Waals surface area contributed by atoms with Crippen LogP contribution in [0.5, 0.6) is 0 Å².